The molecular weight excluding hydrogens is 388 g/mol. The Morgan fingerprint density at radius 2 is 1.23 bits per heavy atom. The largest absolute Gasteiger partial charge is 2.00 e. The normalized spacial score (nSPS) is 11.4. The van der Waals surface area contributed by atoms with Gasteiger partial charge in [-0.25, -0.2) is 0 Å². The molecule has 0 spiro atoms. The maximum atomic E-state index is 11.7. The number of hydrogen-bond acceptors (Lipinski definition) is 5. The monoisotopic (exact) mass is 419 g/mol. The van der Waals surface area contributed by atoms with Gasteiger partial charge in [0.2, 0.25) is 5.91 Å². The van der Waals surface area contributed by atoms with Crippen molar-refractivity contribution in [2.45, 2.75) is 103 Å². The third kappa shape index (κ3) is 17.8. The third-order valence-electron chi connectivity index (χ3n) is 4.26. The van der Waals surface area contributed by atoms with Crippen LogP contribution in [0.25, 0.3) is 0 Å². The molecule has 146 valence electrons. The molecule has 0 saturated carbocycles. The smallest absolute Gasteiger partial charge is 0.550 e. The first kappa shape index (κ1) is 27.3. The minimum absolute atomic E-state index is 0. The fourth-order valence-electron chi connectivity index (χ4n) is 2.73. The van der Waals surface area contributed by atoms with Crippen LogP contribution in [-0.4, -0.2) is 23.9 Å². The van der Waals surface area contributed by atoms with E-state index < -0.39 is 24.4 Å². The second-order valence-corrected chi connectivity index (χ2v) is 6.64. The summed E-state index contributed by atoms with van der Waals surface area (Å²) < 4.78 is 0. The van der Waals surface area contributed by atoms with Crippen molar-refractivity contribution in [1.82, 2.24) is 5.32 Å². The molecule has 0 fully saturated rings. The number of rotatable bonds is 17. The van der Waals surface area contributed by atoms with E-state index in [1.807, 2.05) is 0 Å². The molecule has 0 aromatic carbocycles. The summed E-state index contributed by atoms with van der Waals surface area (Å²) in [6.45, 7) is 2.21. The third-order valence-corrected chi connectivity index (χ3v) is 4.26. The van der Waals surface area contributed by atoms with Crippen molar-refractivity contribution >= 4 is 17.8 Å². The van der Waals surface area contributed by atoms with Gasteiger partial charge in [-0.1, -0.05) is 71.1 Å². The van der Waals surface area contributed by atoms with Gasteiger partial charge in [-0.05, 0) is 19.3 Å². The van der Waals surface area contributed by atoms with Crippen LogP contribution in [-0.2, 0) is 33.9 Å². The predicted molar refractivity (Wildman–Crippen MR) is 92.3 cm³/mol. The summed E-state index contributed by atoms with van der Waals surface area (Å²) in [5.74, 6) is -3.18. The van der Waals surface area contributed by atoms with E-state index in [0.29, 0.717) is 6.42 Å². The molecule has 0 radical (unpaired) electrons. The second-order valence-electron chi connectivity index (χ2n) is 6.64. The van der Waals surface area contributed by atoms with Crippen LogP contribution >= 0.6 is 0 Å². The molecule has 1 N–H and O–H groups in total. The number of carbonyl (C=O) groups is 3. The maximum absolute atomic E-state index is 11.7. The molecule has 1 amide bonds. The molecule has 0 bridgehead atoms. The van der Waals surface area contributed by atoms with Crippen molar-refractivity contribution in [2.24, 2.45) is 0 Å². The van der Waals surface area contributed by atoms with E-state index >= 15 is 0 Å². The Morgan fingerprint density at radius 3 is 1.65 bits per heavy atom. The van der Waals surface area contributed by atoms with Crippen molar-refractivity contribution in [2.75, 3.05) is 0 Å². The Kier molecular flexibility index (Phi) is 19.7. The molecule has 0 aliphatic rings. The van der Waals surface area contributed by atoms with Crippen LogP contribution in [0.4, 0.5) is 0 Å². The first-order valence-corrected chi connectivity index (χ1v) is 9.67. The Labute approximate surface area is 170 Å². The van der Waals surface area contributed by atoms with Crippen LogP contribution in [0.15, 0.2) is 0 Å². The number of carboxylic acid groups (broad SMARTS) is 2. The fourth-order valence-corrected chi connectivity index (χ4v) is 2.73. The Morgan fingerprint density at radius 1 is 0.769 bits per heavy atom. The van der Waals surface area contributed by atoms with E-state index in [1.165, 1.54) is 51.4 Å². The van der Waals surface area contributed by atoms with Gasteiger partial charge >= 0.3 is 19.5 Å². The quantitative estimate of drug-likeness (QED) is 0.283. The van der Waals surface area contributed by atoms with Crippen LogP contribution < -0.4 is 15.5 Å². The first-order chi connectivity index (χ1) is 12.0. The molecule has 26 heavy (non-hydrogen) atoms. The number of nitrogens with one attached hydrogen (secondary N) is 1. The summed E-state index contributed by atoms with van der Waals surface area (Å²) in [5.41, 5.74) is 0. The van der Waals surface area contributed by atoms with Crippen LogP contribution in [0.5, 0.6) is 0 Å². The number of carbonyl (C=O) groups excluding carboxylic acids is 3. The molecule has 7 heteroatoms. The number of unbranched alkanes of at least 4 members (excludes halogenated alkanes) is 10. The summed E-state index contributed by atoms with van der Waals surface area (Å²) in [6.07, 6.45) is 12.6. The molecule has 0 heterocycles. The van der Waals surface area contributed by atoms with E-state index in [-0.39, 0.29) is 38.2 Å². The summed E-state index contributed by atoms with van der Waals surface area (Å²) in [6, 6.07) is -1.27. The summed E-state index contributed by atoms with van der Waals surface area (Å²) in [5, 5.41) is 23.5. The standard InChI is InChI=1S/C19H35NO5.Zn/c1-2-3-4-5-6-7-8-9-10-11-12-13-17(21)20-16(19(24)25)14-15-18(22)23;/h16H,2-15H2,1H3,(H,20,21)(H,22,23)(H,24,25);/q;+2/p-2/t16-;/m0./s1. The molecule has 0 aliphatic heterocycles. The minimum Gasteiger partial charge on any atom is -0.550 e. The molecule has 1 atom stereocenters. The molecule has 0 unspecified atom stereocenters. The van der Waals surface area contributed by atoms with Gasteiger partial charge in [0.15, 0.2) is 0 Å². The van der Waals surface area contributed by atoms with Crippen molar-refractivity contribution < 1.29 is 44.1 Å². The number of carboxylic acids is 2. The van der Waals surface area contributed by atoms with Crippen LogP contribution in [0.2, 0.25) is 0 Å². The fraction of sp³-hybridized carbons (Fsp3) is 0.842. The second kappa shape index (κ2) is 18.8. The van der Waals surface area contributed by atoms with Crippen LogP contribution in [0.1, 0.15) is 96.8 Å². The minimum atomic E-state index is -1.46. The summed E-state index contributed by atoms with van der Waals surface area (Å²) in [4.78, 5) is 32.9. The van der Waals surface area contributed by atoms with Crippen LogP contribution in [0, 0.1) is 0 Å². The maximum Gasteiger partial charge on any atom is 2.00 e. The number of aliphatic carboxylic acids is 2. The number of amides is 1. The van der Waals surface area contributed by atoms with Crippen molar-refractivity contribution in [3.8, 4) is 0 Å². The summed E-state index contributed by atoms with van der Waals surface area (Å²) >= 11 is 0. The zero-order valence-corrected chi connectivity index (χ0v) is 19.2. The van der Waals surface area contributed by atoms with Crippen LogP contribution in [0.3, 0.4) is 0 Å². The molecule has 6 nitrogen and oxygen atoms in total. The van der Waals surface area contributed by atoms with E-state index in [1.54, 1.807) is 0 Å². The summed E-state index contributed by atoms with van der Waals surface area (Å²) in [7, 11) is 0. The first-order valence-electron chi connectivity index (χ1n) is 9.67. The average molecular weight is 421 g/mol. The van der Waals surface area contributed by atoms with E-state index in [9.17, 15) is 24.6 Å². The van der Waals surface area contributed by atoms with Crippen molar-refractivity contribution in [3.63, 3.8) is 0 Å². The van der Waals surface area contributed by atoms with Gasteiger partial charge in [0.1, 0.15) is 0 Å². The number of hydrogen-bond donors (Lipinski definition) is 1. The van der Waals surface area contributed by atoms with Crippen molar-refractivity contribution in [3.05, 3.63) is 0 Å². The molecule has 0 aliphatic carbocycles. The molecule has 0 aromatic heterocycles. The van der Waals surface area contributed by atoms with Gasteiger partial charge in [-0.2, -0.15) is 0 Å². The average Bonchev–Trinajstić information content (AvgIpc) is 2.56. The van der Waals surface area contributed by atoms with E-state index in [0.717, 1.165) is 12.8 Å². The molecular formula is C19H33NO5Zn. The Hall–Kier alpha value is -0.967. The molecule has 0 saturated heterocycles. The van der Waals surface area contributed by atoms with Gasteiger partial charge in [0.25, 0.3) is 0 Å². The van der Waals surface area contributed by atoms with Gasteiger partial charge in [-0.3, -0.25) is 4.79 Å². The molecule has 0 rings (SSSR count). The SMILES string of the molecule is CCCCCCCCCCCCCC(=O)N[C@@H](CCC(=O)[O-])C(=O)[O-].[Zn+2]. The Bertz CT molecular complexity index is 390. The van der Waals surface area contributed by atoms with Gasteiger partial charge in [-0.15, -0.1) is 0 Å². The topological polar surface area (TPSA) is 109 Å². The molecule has 0 aromatic rings. The van der Waals surface area contributed by atoms with Gasteiger partial charge in [0, 0.05) is 12.4 Å². The predicted octanol–water partition coefficient (Wildman–Crippen LogP) is 1.45. The van der Waals surface area contributed by atoms with Gasteiger partial charge < -0.3 is 25.1 Å². The van der Waals surface area contributed by atoms with Gasteiger partial charge in [0.05, 0.1) is 12.0 Å². The van der Waals surface area contributed by atoms with Crippen molar-refractivity contribution in [1.29, 1.82) is 0 Å². The zero-order chi connectivity index (χ0) is 18.9. The zero-order valence-electron chi connectivity index (χ0n) is 16.2. The van der Waals surface area contributed by atoms with E-state index in [2.05, 4.69) is 12.2 Å². The van der Waals surface area contributed by atoms with E-state index in [4.69, 9.17) is 0 Å². The Balaban J connectivity index is 0.